The van der Waals surface area contributed by atoms with Gasteiger partial charge in [0.05, 0.1) is 17.7 Å². The molecule has 1 aromatic heterocycles. The first-order chi connectivity index (χ1) is 8.86. The van der Waals surface area contributed by atoms with Crippen molar-refractivity contribution in [1.82, 2.24) is 15.1 Å². The number of hydrogen-bond acceptors (Lipinski definition) is 2. The van der Waals surface area contributed by atoms with Crippen LogP contribution in [0.4, 0.5) is 13.2 Å². The third kappa shape index (κ3) is 3.48. The Kier molecular flexibility index (Phi) is 3.82. The van der Waals surface area contributed by atoms with E-state index in [0.29, 0.717) is 18.4 Å². The molecule has 0 spiro atoms. The SMILES string of the molecule is Cn1cc(C(=O)N[C@@H]2CCC[C@H](C(F)(F)F)C2)cn1. The summed E-state index contributed by atoms with van der Waals surface area (Å²) < 4.78 is 39.4. The predicted octanol–water partition coefficient (Wildman–Crippen LogP) is 2.27. The number of rotatable bonds is 2. The summed E-state index contributed by atoms with van der Waals surface area (Å²) in [7, 11) is 1.68. The third-order valence-corrected chi connectivity index (χ3v) is 3.44. The average molecular weight is 275 g/mol. The van der Waals surface area contributed by atoms with Crippen LogP contribution in [0.2, 0.25) is 0 Å². The van der Waals surface area contributed by atoms with Crippen molar-refractivity contribution in [3.05, 3.63) is 18.0 Å². The number of carbonyl (C=O) groups excluding carboxylic acids is 1. The van der Waals surface area contributed by atoms with Gasteiger partial charge in [-0.05, 0) is 19.3 Å². The molecule has 19 heavy (non-hydrogen) atoms. The van der Waals surface area contributed by atoms with Crippen molar-refractivity contribution in [3.8, 4) is 0 Å². The summed E-state index contributed by atoms with van der Waals surface area (Å²) in [5, 5.41) is 6.52. The highest BCUT2D eigenvalue weighted by atomic mass is 19.4. The summed E-state index contributed by atoms with van der Waals surface area (Å²) in [6.45, 7) is 0. The lowest BCUT2D eigenvalue weighted by atomic mass is 9.85. The summed E-state index contributed by atoms with van der Waals surface area (Å²) in [6, 6.07) is -0.409. The molecule has 1 aliphatic carbocycles. The van der Waals surface area contributed by atoms with Crippen LogP contribution in [0.1, 0.15) is 36.0 Å². The maximum atomic E-state index is 12.7. The maximum Gasteiger partial charge on any atom is 0.391 e. The maximum absolute atomic E-state index is 12.7. The number of carbonyl (C=O) groups is 1. The Morgan fingerprint density at radius 1 is 1.47 bits per heavy atom. The Bertz CT molecular complexity index is 455. The molecule has 1 heterocycles. The fourth-order valence-corrected chi connectivity index (χ4v) is 2.43. The number of nitrogens with zero attached hydrogens (tertiary/aromatic N) is 2. The number of aryl methyl sites for hydroxylation is 1. The van der Waals surface area contributed by atoms with E-state index in [0.717, 1.165) is 0 Å². The first kappa shape index (κ1) is 13.9. The van der Waals surface area contributed by atoms with E-state index in [1.54, 1.807) is 13.2 Å². The second-order valence-corrected chi connectivity index (χ2v) is 4.98. The van der Waals surface area contributed by atoms with E-state index in [4.69, 9.17) is 0 Å². The zero-order chi connectivity index (χ0) is 14.0. The minimum absolute atomic E-state index is 0.0322. The Labute approximate surface area is 109 Å². The minimum atomic E-state index is -4.17. The first-order valence-electron chi connectivity index (χ1n) is 6.22. The van der Waals surface area contributed by atoms with Crippen molar-refractivity contribution in [2.24, 2.45) is 13.0 Å². The molecule has 7 heteroatoms. The highest BCUT2D eigenvalue weighted by Gasteiger charge is 2.42. The molecular formula is C12H16F3N3O. The highest BCUT2D eigenvalue weighted by molar-refractivity contribution is 5.93. The van der Waals surface area contributed by atoms with Gasteiger partial charge in [-0.3, -0.25) is 9.48 Å². The molecule has 1 amide bonds. The van der Waals surface area contributed by atoms with Crippen molar-refractivity contribution in [2.75, 3.05) is 0 Å². The van der Waals surface area contributed by atoms with Gasteiger partial charge in [0.15, 0.2) is 0 Å². The fraction of sp³-hybridized carbons (Fsp3) is 0.667. The molecule has 1 aromatic rings. The molecular weight excluding hydrogens is 259 g/mol. The van der Waals surface area contributed by atoms with Crippen LogP contribution >= 0.6 is 0 Å². The lowest BCUT2D eigenvalue weighted by molar-refractivity contribution is -0.183. The molecule has 4 nitrogen and oxygen atoms in total. The Morgan fingerprint density at radius 3 is 2.79 bits per heavy atom. The van der Waals surface area contributed by atoms with Gasteiger partial charge < -0.3 is 5.32 Å². The second-order valence-electron chi connectivity index (χ2n) is 4.98. The Morgan fingerprint density at radius 2 is 2.21 bits per heavy atom. The molecule has 0 radical (unpaired) electrons. The van der Waals surface area contributed by atoms with Crippen LogP contribution in [0.3, 0.4) is 0 Å². The summed E-state index contributed by atoms with van der Waals surface area (Å²) in [6.07, 6.45) is -0.0183. The third-order valence-electron chi connectivity index (χ3n) is 3.44. The molecule has 1 N–H and O–H groups in total. The Hall–Kier alpha value is -1.53. The topological polar surface area (TPSA) is 46.9 Å². The first-order valence-corrected chi connectivity index (χ1v) is 6.22. The van der Waals surface area contributed by atoms with Gasteiger partial charge in [-0.25, -0.2) is 0 Å². The van der Waals surface area contributed by atoms with Crippen molar-refractivity contribution in [1.29, 1.82) is 0 Å². The number of alkyl halides is 3. The van der Waals surface area contributed by atoms with Gasteiger partial charge >= 0.3 is 6.18 Å². The second kappa shape index (κ2) is 5.22. The van der Waals surface area contributed by atoms with Crippen molar-refractivity contribution in [2.45, 2.75) is 37.9 Å². The molecule has 0 saturated heterocycles. The summed E-state index contributed by atoms with van der Waals surface area (Å²) in [5.74, 6) is -1.67. The zero-order valence-electron chi connectivity index (χ0n) is 10.6. The van der Waals surface area contributed by atoms with Crippen LogP contribution in [-0.4, -0.2) is 27.9 Å². The van der Waals surface area contributed by atoms with E-state index in [-0.39, 0.29) is 18.7 Å². The number of halogens is 3. The van der Waals surface area contributed by atoms with Crippen molar-refractivity contribution in [3.63, 3.8) is 0 Å². The molecule has 1 aliphatic rings. The summed E-state index contributed by atoms with van der Waals surface area (Å²) in [5.41, 5.74) is 0.372. The minimum Gasteiger partial charge on any atom is -0.349 e. The van der Waals surface area contributed by atoms with E-state index in [1.807, 2.05) is 0 Å². The van der Waals surface area contributed by atoms with Crippen LogP contribution in [0, 0.1) is 5.92 Å². The van der Waals surface area contributed by atoms with Gasteiger partial charge in [-0.1, -0.05) is 6.42 Å². The molecule has 2 rings (SSSR count). The molecule has 0 bridgehead atoms. The Balaban J connectivity index is 1.94. The van der Waals surface area contributed by atoms with Gasteiger partial charge in [0, 0.05) is 19.3 Å². The van der Waals surface area contributed by atoms with Crippen LogP contribution < -0.4 is 5.32 Å². The quantitative estimate of drug-likeness (QED) is 0.900. The van der Waals surface area contributed by atoms with E-state index in [2.05, 4.69) is 10.4 Å². The van der Waals surface area contributed by atoms with Gasteiger partial charge in [0.1, 0.15) is 0 Å². The predicted molar refractivity (Wildman–Crippen MR) is 62.5 cm³/mol. The van der Waals surface area contributed by atoms with E-state index in [9.17, 15) is 18.0 Å². The van der Waals surface area contributed by atoms with Gasteiger partial charge in [-0.15, -0.1) is 0 Å². The van der Waals surface area contributed by atoms with E-state index >= 15 is 0 Å². The number of hydrogen-bond donors (Lipinski definition) is 1. The molecule has 0 aromatic carbocycles. The fourth-order valence-electron chi connectivity index (χ4n) is 2.43. The lowest BCUT2D eigenvalue weighted by Gasteiger charge is -2.30. The molecule has 1 saturated carbocycles. The summed E-state index contributed by atoms with van der Waals surface area (Å²) in [4.78, 5) is 11.8. The molecule has 2 atom stereocenters. The number of nitrogens with one attached hydrogen (secondary N) is 1. The van der Waals surface area contributed by atoms with E-state index < -0.39 is 18.1 Å². The van der Waals surface area contributed by atoms with Crippen LogP contribution in [0.25, 0.3) is 0 Å². The van der Waals surface area contributed by atoms with Gasteiger partial charge in [-0.2, -0.15) is 18.3 Å². The smallest absolute Gasteiger partial charge is 0.349 e. The largest absolute Gasteiger partial charge is 0.391 e. The highest BCUT2D eigenvalue weighted by Crippen LogP contribution is 2.37. The van der Waals surface area contributed by atoms with Crippen molar-refractivity contribution < 1.29 is 18.0 Å². The summed E-state index contributed by atoms with van der Waals surface area (Å²) >= 11 is 0. The monoisotopic (exact) mass is 275 g/mol. The van der Waals surface area contributed by atoms with Crippen molar-refractivity contribution >= 4 is 5.91 Å². The average Bonchev–Trinajstić information content (AvgIpc) is 2.75. The normalized spacial score (nSPS) is 24.2. The number of amides is 1. The zero-order valence-corrected chi connectivity index (χ0v) is 10.6. The van der Waals surface area contributed by atoms with E-state index in [1.165, 1.54) is 10.9 Å². The van der Waals surface area contributed by atoms with Crippen LogP contribution in [0.15, 0.2) is 12.4 Å². The molecule has 106 valence electrons. The molecule has 1 fully saturated rings. The lowest BCUT2D eigenvalue weighted by Crippen LogP contribution is -2.41. The van der Waals surface area contributed by atoms with Crippen LogP contribution in [0.5, 0.6) is 0 Å². The van der Waals surface area contributed by atoms with Crippen LogP contribution in [-0.2, 0) is 7.05 Å². The molecule has 0 aliphatic heterocycles. The number of aromatic nitrogens is 2. The van der Waals surface area contributed by atoms with Gasteiger partial charge in [0.25, 0.3) is 5.91 Å². The standard InChI is InChI=1S/C12H16F3N3O/c1-18-7-8(6-16-18)11(19)17-10-4-2-3-9(5-10)12(13,14)15/h6-7,9-10H,2-5H2,1H3,(H,17,19)/t9-,10+/m0/s1. The molecule has 0 unspecified atom stereocenters. The van der Waals surface area contributed by atoms with Gasteiger partial charge in [0.2, 0.25) is 0 Å².